The Hall–Kier alpha value is -1.66. The lowest BCUT2D eigenvalue weighted by Gasteiger charge is -2.33. The fourth-order valence-electron chi connectivity index (χ4n) is 3.16. The van der Waals surface area contributed by atoms with Gasteiger partial charge in [0.1, 0.15) is 0 Å². The van der Waals surface area contributed by atoms with Gasteiger partial charge >= 0.3 is 0 Å². The highest BCUT2D eigenvalue weighted by Crippen LogP contribution is 2.17. The fourth-order valence-corrected chi connectivity index (χ4v) is 3.16. The lowest BCUT2D eigenvalue weighted by atomic mass is 10.0. The Morgan fingerprint density at radius 3 is 2.77 bits per heavy atom. The Bertz CT molecular complexity index is 538. The number of nitrogens with zero attached hydrogens (tertiary/aromatic N) is 1. The number of hydrogen-bond acceptors (Lipinski definition) is 4. The van der Waals surface area contributed by atoms with Gasteiger partial charge in [0.15, 0.2) is 0 Å². The molecular formula is C16H23N3O3. The van der Waals surface area contributed by atoms with Gasteiger partial charge in [-0.15, -0.1) is 0 Å². The number of amides is 1. The number of rotatable bonds is 4. The Balaban J connectivity index is 1.44. The molecule has 0 bridgehead atoms. The summed E-state index contributed by atoms with van der Waals surface area (Å²) in [6, 6.07) is 3.14. The molecule has 0 aliphatic carbocycles. The molecule has 0 aromatic carbocycles. The van der Waals surface area contributed by atoms with Crippen LogP contribution >= 0.6 is 0 Å². The number of pyridine rings is 1. The molecule has 120 valence electrons. The molecular weight excluding hydrogens is 282 g/mol. The first-order valence-corrected chi connectivity index (χ1v) is 8.04. The monoisotopic (exact) mass is 305 g/mol. The Labute approximate surface area is 129 Å². The van der Waals surface area contributed by atoms with Crippen molar-refractivity contribution in [2.75, 3.05) is 26.2 Å². The molecule has 1 unspecified atom stereocenters. The third-order valence-electron chi connectivity index (χ3n) is 4.46. The summed E-state index contributed by atoms with van der Waals surface area (Å²) in [5.74, 6) is -0.117. The SMILES string of the molecule is O=C(NC1CCN(CC2CCCO2)CC1)c1ccc(=O)[nH]c1. The van der Waals surface area contributed by atoms with Gasteiger partial charge in [0.05, 0.1) is 11.7 Å². The van der Waals surface area contributed by atoms with E-state index in [1.54, 1.807) is 6.07 Å². The van der Waals surface area contributed by atoms with E-state index in [0.717, 1.165) is 39.1 Å². The topological polar surface area (TPSA) is 74.4 Å². The molecule has 1 aromatic rings. The van der Waals surface area contributed by atoms with Crippen LogP contribution in [0.4, 0.5) is 0 Å². The minimum atomic E-state index is -0.195. The highest BCUT2D eigenvalue weighted by atomic mass is 16.5. The first kappa shape index (κ1) is 15.2. The van der Waals surface area contributed by atoms with Gasteiger partial charge in [-0.2, -0.15) is 0 Å². The van der Waals surface area contributed by atoms with E-state index < -0.39 is 0 Å². The second-order valence-electron chi connectivity index (χ2n) is 6.12. The maximum absolute atomic E-state index is 12.1. The third-order valence-corrected chi connectivity index (χ3v) is 4.46. The van der Waals surface area contributed by atoms with Gasteiger partial charge < -0.3 is 19.9 Å². The number of likely N-dealkylation sites (tertiary alicyclic amines) is 1. The zero-order valence-corrected chi connectivity index (χ0v) is 12.7. The summed E-state index contributed by atoms with van der Waals surface area (Å²) in [5, 5.41) is 3.05. The quantitative estimate of drug-likeness (QED) is 0.861. The predicted molar refractivity (Wildman–Crippen MR) is 83.0 cm³/mol. The third kappa shape index (κ3) is 3.96. The standard InChI is InChI=1S/C16H23N3O3/c20-15-4-3-12(10-17-15)16(21)18-13-5-7-19(8-6-13)11-14-2-1-9-22-14/h3-4,10,13-14H,1-2,5-9,11H2,(H,17,20)(H,18,21). The first-order valence-electron chi connectivity index (χ1n) is 8.04. The molecule has 0 radical (unpaired) electrons. The van der Waals surface area contributed by atoms with E-state index in [1.165, 1.54) is 25.1 Å². The number of aromatic amines is 1. The van der Waals surface area contributed by atoms with Crippen molar-refractivity contribution in [3.63, 3.8) is 0 Å². The summed E-state index contributed by atoms with van der Waals surface area (Å²) in [5.41, 5.74) is 0.306. The van der Waals surface area contributed by atoms with Crippen LogP contribution in [0.1, 0.15) is 36.0 Å². The van der Waals surface area contributed by atoms with Crippen molar-refractivity contribution >= 4 is 5.91 Å². The largest absolute Gasteiger partial charge is 0.377 e. The van der Waals surface area contributed by atoms with Gasteiger partial charge in [-0.25, -0.2) is 0 Å². The molecule has 3 rings (SSSR count). The van der Waals surface area contributed by atoms with Gasteiger partial charge in [-0.3, -0.25) is 9.59 Å². The van der Waals surface area contributed by atoms with E-state index in [9.17, 15) is 9.59 Å². The molecule has 2 fully saturated rings. The van der Waals surface area contributed by atoms with Gasteiger partial charge in [-0.05, 0) is 31.7 Å². The predicted octanol–water partition coefficient (Wildman–Crippen LogP) is 0.748. The fraction of sp³-hybridized carbons (Fsp3) is 0.625. The summed E-state index contributed by atoms with van der Waals surface area (Å²) < 4.78 is 5.67. The van der Waals surface area contributed by atoms with Crippen molar-refractivity contribution in [2.45, 2.75) is 37.8 Å². The Morgan fingerprint density at radius 2 is 2.14 bits per heavy atom. The van der Waals surface area contributed by atoms with Crippen molar-refractivity contribution < 1.29 is 9.53 Å². The number of carbonyl (C=O) groups excluding carboxylic acids is 1. The van der Waals surface area contributed by atoms with Crippen LogP contribution in [-0.2, 0) is 4.74 Å². The molecule has 2 N–H and O–H groups in total. The number of hydrogen-bond donors (Lipinski definition) is 2. The zero-order valence-electron chi connectivity index (χ0n) is 12.7. The second kappa shape index (κ2) is 7.07. The minimum Gasteiger partial charge on any atom is -0.377 e. The van der Waals surface area contributed by atoms with Crippen LogP contribution in [0.25, 0.3) is 0 Å². The summed E-state index contributed by atoms with van der Waals surface area (Å²) >= 11 is 0. The Kier molecular flexibility index (Phi) is 4.90. The molecule has 6 heteroatoms. The van der Waals surface area contributed by atoms with E-state index in [4.69, 9.17) is 4.74 Å². The number of piperidine rings is 1. The summed E-state index contributed by atoms with van der Waals surface area (Å²) in [7, 11) is 0. The maximum atomic E-state index is 12.1. The molecule has 3 heterocycles. The van der Waals surface area contributed by atoms with Gasteiger partial charge in [0, 0.05) is 44.5 Å². The molecule has 1 amide bonds. The number of aromatic nitrogens is 1. The van der Waals surface area contributed by atoms with Gasteiger partial charge in [0.2, 0.25) is 5.56 Å². The van der Waals surface area contributed by atoms with Crippen LogP contribution in [0.3, 0.4) is 0 Å². The van der Waals surface area contributed by atoms with Gasteiger partial charge in [0.25, 0.3) is 5.91 Å². The number of ether oxygens (including phenoxy) is 1. The maximum Gasteiger partial charge on any atom is 0.252 e. The smallest absolute Gasteiger partial charge is 0.252 e. The van der Waals surface area contributed by atoms with Crippen LogP contribution in [0.5, 0.6) is 0 Å². The molecule has 6 nitrogen and oxygen atoms in total. The number of H-pyrrole nitrogens is 1. The normalized spacial score (nSPS) is 23.5. The molecule has 2 saturated heterocycles. The average molecular weight is 305 g/mol. The number of carbonyl (C=O) groups is 1. The molecule has 2 aliphatic rings. The van der Waals surface area contributed by atoms with Crippen LogP contribution in [0.15, 0.2) is 23.1 Å². The summed E-state index contributed by atoms with van der Waals surface area (Å²) in [4.78, 5) is 28.1. The first-order chi connectivity index (χ1) is 10.7. The van der Waals surface area contributed by atoms with Gasteiger partial charge in [-0.1, -0.05) is 0 Å². The van der Waals surface area contributed by atoms with Crippen molar-refractivity contribution in [1.82, 2.24) is 15.2 Å². The molecule has 0 spiro atoms. The van der Waals surface area contributed by atoms with Crippen molar-refractivity contribution in [3.05, 3.63) is 34.2 Å². The van der Waals surface area contributed by atoms with E-state index >= 15 is 0 Å². The van der Waals surface area contributed by atoms with E-state index in [2.05, 4.69) is 15.2 Å². The molecule has 2 aliphatic heterocycles. The van der Waals surface area contributed by atoms with E-state index in [-0.39, 0.29) is 17.5 Å². The number of nitrogens with one attached hydrogen (secondary N) is 2. The molecule has 1 aromatic heterocycles. The van der Waals surface area contributed by atoms with E-state index in [1.807, 2.05) is 0 Å². The second-order valence-corrected chi connectivity index (χ2v) is 6.12. The summed E-state index contributed by atoms with van der Waals surface area (Å²) in [6.45, 7) is 3.91. The van der Waals surface area contributed by atoms with Crippen molar-refractivity contribution in [1.29, 1.82) is 0 Å². The zero-order chi connectivity index (χ0) is 15.4. The highest BCUT2D eigenvalue weighted by Gasteiger charge is 2.24. The lowest BCUT2D eigenvalue weighted by molar-refractivity contribution is 0.0613. The minimum absolute atomic E-state index is 0.117. The van der Waals surface area contributed by atoms with Crippen LogP contribution in [0, 0.1) is 0 Å². The van der Waals surface area contributed by atoms with Crippen molar-refractivity contribution in [3.8, 4) is 0 Å². The molecule has 22 heavy (non-hydrogen) atoms. The average Bonchev–Trinajstić information content (AvgIpc) is 3.03. The van der Waals surface area contributed by atoms with Crippen LogP contribution < -0.4 is 10.9 Å². The van der Waals surface area contributed by atoms with Crippen LogP contribution in [0.2, 0.25) is 0 Å². The highest BCUT2D eigenvalue weighted by molar-refractivity contribution is 5.93. The van der Waals surface area contributed by atoms with E-state index in [0.29, 0.717) is 11.7 Å². The molecule has 1 atom stereocenters. The summed E-state index contributed by atoms with van der Waals surface area (Å²) in [6.07, 6.45) is 6.12. The van der Waals surface area contributed by atoms with Crippen LogP contribution in [-0.4, -0.2) is 54.2 Å². The lowest BCUT2D eigenvalue weighted by Crippen LogP contribution is -2.46. The molecule has 0 saturated carbocycles. The van der Waals surface area contributed by atoms with Crippen molar-refractivity contribution in [2.24, 2.45) is 0 Å². The Morgan fingerprint density at radius 1 is 1.32 bits per heavy atom.